The largest absolute Gasteiger partial charge is 0.390 e. The second-order valence-electron chi connectivity index (χ2n) is 8.21. The van der Waals surface area contributed by atoms with Crippen molar-refractivity contribution in [3.05, 3.63) is 35.5 Å². The Morgan fingerprint density at radius 1 is 1.39 bits per heavy atom. The van der Waals surface area contributed by atoms with Gasteiger partial charge in [0.25, 0.3) is 0 Å². The van der Waals surface area contributed by atoms with Crippen LogP contribution in [-0.4, -0.2) is 64.9 Å². The fourth-order valence-corrected chi connectivity index (χ4v) is 4.38. The molecule has 0 radical (unpaired) electrons. The summed E-state index contributed by atoms with van der Waals surface area (Å²) in [4.78, 5) is 4.59. The van der Waals surface area contributed by atoms with Crippen molar-refractivity contribution in [2.45, 2.75) is 88.9 Å². The molecule has 1 aliphatic carbocycles. The van der Waals surface area contributed by atoms with Gasteiger partial charge >= 0.3 is 0 Å². The Morgan fingerprint density at radius 3 is 2.96 bits per heavy atom. The summed E-state index contributed by atoms with van der Waals surface area (Å²) in [5, 5.41) is 20.4. The van der Waals surface area contributed by atoms with Crippen molar-refractivity contribution in [3.63, 3.8) is 0 Å². The lowest BCUT2D eigenvalue weighted by atomic mass is 9.91. The number of epoxide rings is 1. The highest BCUT2D eigenvalue weighted by atomic mass is 16.7. The molecule has 7 atom stereocenters. The number of rotatable bonds is 6. The van der Waals surface area contributed by atoms with Crippen molar-refractivity contribution in [2.75, 3.05) is 6.54 Å². The molecule has 0 saturated carbocycles. The van der Waals surface area contributed by atoms with Crippen molar-refractivity contribution < 1.29 is 24.4 Å². The highest BCUT2D eigenvalue weighted by Gasteiger charge is 2.64. The Bertz CT molecular complexity index is 726. The molecule has 0 aromatic rings. The molecule has 3 aliphatic heterocycles. The predicted molar refractivity (Wildman–Crippen MR) is 106 cm³/mol. The van der Waals surface area contributed by atoms with Gasteiger partial charge in [0.05, 0.1) is 24.0 Å². The summed E-state index contributed by atoms with van der Waals surface area (Å²) < 4.78 is 17.9. The van der Waals surface area contributed by atoms with Gasteiger partial charge in [-0.3, -0.25) is 4.99 Å². The molecule has 2 N–H and O–H groups in total. The minimum atomic E-state index is -0.616. The second kappa shape index (κ2) is 7.84. The SMILES string of the molecule is CCC(O)C(OC1CCC(O)C(C)O1)/C(C)=C/C=C1\C=CC2=NCCC3OC213. The fourth-order valence-electron chi connectivity index (χ4n) is 4.38. The molecule has 3 heterocycles. The number of aliphatic hydroxyl groups is 2. The highest BCUT2D eigenvalue weighted by Crippen LogP contribution is 2.51. The minimum absolute atomic E-state index is 0.242. The lowest BCUT2D eigenvalue weighted by molar-refractivity contribution is -0.239. The van der Waals surface area contributed by atoms with Crippen molar-refractivity contribution in [3.8, 4) is 0 Å². The van der Waals surface area contributed by atoms with Crippen LogP contribution in [0.3, 0.4) is 0 Å². The standard InChI is InChI=1S/C22H31NO5/c1-4-16(24)21(27-20-10-8-17(25)14(3)26-20)13(2)5-6-15-7-9-18-22(15)19(28-22)11-12-23-18/h5-7,9,14,16-17,19-21,24-25H,4,8,10-12H2,1-3H3/b13-5+,15-6+. The Hall–Kier alpha value is -1.31. The van der Waals surface area contributed by atoms with E-state index in [1.165, 1.54) is 0 Å². The van der Waals surface area contributed by atoms with E-state index >= 15 is 0 Å². The van der Waals surface area contributed by atoms with Crippen LogP contribution in [0.15, 0.2) is 40.4 Å². The van der Waals surface area contributed by atoms with Crippen LogP contribution in [0.1, 0.15) is 46.5 Å². The molecule has 2 saturated heterocycles. The quantitative estimate of drug-likeness (QED) is 0.682. The van der Waals surface area contributed by atoms with Crippen LogP contribution in [0.5, 0.6) is 0 Å². The molecular formula is C22H31NO5. The average Bonchev–Trinajstić information content (AvgIpc) is 3.34. The number of allylic oxidation sites excluding steroid dienone is 2. The van der Waals surface area contributed by atoms with Gasteiger partial charge in [-0.25, -0.2) is 0 Å². The average molecular weight is 389 g/mol. The van der Waals surface area contributed by atoms with Gasteiger partial charge in [-0.2, -0.15) is 0 Å². The van der Waals surface area contributed by atoms with Crippen molar-refractivity contribution in [1.29, 1.82) is 0 Å². The van der Waals surface area contributed by atoms with Crippen LogP contribution in [0.2, 0.25) is 0 Å². The van der Waals surface area contributed by atoms with Crippen LogP contribution in [0.25, 0.3) is 0 Å². The summed E-state index contributed by atoms with van der Waals surface area (Å²) in [6.45, 7) is 6.59. The van der Waals surface area contributed by atoms with E-state index in [0.717, 1.165) is 29.8 Å². The van der Waals surface area contributed by atoms with Crippen molar-refractivity contribution in [2.24, 2.45) is 4.99 Å². The maximum absolute atomic E-state index is 10.5. The van der Waals surface area contributed by atoms with E-state index in [-0.39, 0.29) is 17.8 Å². The van der Waals surface area contributed by atoms with Gasteiger partial charge < -0.3 is 24.4 Å². The molecular weight excluding hydrogens is 358 g/mol. The van der Waals surface area contributed by atoms with Gasteiger partial charge in [-0.15, -0.1) is 0 Å². The van der Waals surface area contributed by atoms with E-state index < -0.39 is 24.6 Å². The zero-order chi connectivity index (χ0) is 19.9. The maximum atomic E-state index is 10.5. The third kappa shape index (κ3) is 3.53. The summed E-state index contributed by atoms with van der Waals surface area (Å²) in [6, 6.07) is 0. The molecule has 0 bridgehead atoms. The molecule has 0 aromatic carbocycles. The first-order chi connectivity index (χ1) is 13.5. The second-order valence-corrected chi connectivity index (χ2v) is 8.21. The molecule has 2 fully saturated rings. The topological polar surface area (TPSA) is 83.8 Å². The predicted octanol–water partition coefficient (Wildman–Crippen LogP) is 2.45. The Labute approximate surface area is 166 Å². The van der Waals surface area contributed by atoms with E-state index in [1.54, 1.807) is 0 Å². The van der Waals surface area contributed by atoms with Gasteiger partial charge in [0.15, 0.2) is 11.9 Å². The highest BCUT2D eigenvalue weighted by molar-refractivity contribution is 6.11. The molecule has 154 valence electrons. The molecule has 6 heteroatoms. The van der Waals surface area contributed by atoms with E-state index in [4.69, 9.17) is 14.2 Å². The van der Waals surface area contributed by atoms with Gasteiger partial charge in [-0.1, -0.05) is 25.2 Å². The Kier molecular flexibility index (Phi) is 5.60. The summed E-state index contributed by atoms with van der Waals surface area (Å²) in [5.74, 6) is 0. The van der Waals surface area contributed by atoms with E-state index in [9.17, 15) is 10.2 Å². The van der Waals surface area contributed by atoms with Crippen LogP contribution in [0, 0.1) is 0 Å². The molecule has 1 spiro atoms. The smallest absolute Gasteiger partial charge is 0.161 e. The maximum Gasteiger partial charge on any atom is 0.161 e. The van der Waals surface area contributed by atoms with E-state index in [2.05, 4.69) is 17.1 Å². The molecule has 28 heavy (non-hydrogen) atoms. The van der Waals surface area contributed by atoms with Crippen LogP contribution in [-0.2, 0) is 14.2 Å². The number of aliphatic hydroxyl groups excluding tert-OH is 2. The number of hydrogen-bond acceptors (Lipinski definition) is 6. The zero-order valence-corrected chi connectivity index (χ0v) is 16.9. The lowest BCUT2D eigenvalue weighted by Crippen LogP contribution is -2.42. The fraction of sp³-hybridized carbons (Fsp3) is 0.682. The lowest BCUT2D eigenvalue weighted by Gasteiger charge is -2.35. The van der Waals surface area contributed by atoms with Gasteiger partial charge in [0, 0.05) is 13.0 Å². The Morgan fingerprint density at radius 2 is 2.21 bits per heavy atom. The summed E-state index contributed by atoms with van der Waals surface area (Å²) in [6.07, 6.45) is 9.05. The van der Waals surface area contributed by atoms with Crippen molar-refractivity contribution >= 4 is 5.71 Å². The first-order valence-electron chi connectivity index (χ1n) is 10.4. The molecule has 7 unspecified atom stereocenters. The normalized spacial score (nSPS) is 40.7. The van der Waals surface area contributed by atoms with Gasteiger partial charge in [-0.05, 0) is 50.3 Å². The molecule has 4 aliphatic rings. The van der Waals surface area contributed by atoms with E-state index in [0.29, 0.717) is 19.3 Å². The molecule has 0 aromatic heterocycles. The van der Waals surface area contributed by atoms with Gasteiger partial charge in [0.2, 0.25) is 0 Å². The van der Waals surface area contributed by atoms with Gasteiger partial charge in [0.1, 0.15) is 12.2 Å². The zero-order valence-electron chi connectivity index (χ0n) is 16.9. The summed E-state index contributed by atoms with van der Waals surface area (Å²) in [7, 11) is 0. The summed E-state index contributed by atoms with van der Waals surface area (Å²) in [5.41, 5.74) is 2.76. The van der Waals surface area contributed by atoms with Crippen LogP contribution >= 0.6 is 0 Å². The molecule has 0 amide bonds. The molecule has 4 rings (SSSR count). The number of hydrogen-bond donors (Lipinski definition) is 2. The van der Waals surface area contributed by atoms with Crippen LogP contribution < -0.4 is 0 Å². The third-order valence-electron chi connectivity index (χ3n) is 6.28. The molecule has 6 nitrogen and oxygen atoms in total. The van der Waals surface area contributed by atoms with Crippen LogP contribution in [0.4, 0.5) is 0 Å². The summed E-state index contributed by atoms with van der Waals surface area (Å²) >= 11 is 0. The number of aliphatic imine (C=N–C) groups is 1. The third-order valence-corrected chi connectivity index (χ3v) is 6.28. The minimum Gasteiger partial charge on any atom is -0.390 e. The Balaban J connectivity index is 1.48. The van der Waals surface area contributed by atoms with E-state index in [1.807, 2.05) is 32.9 Å². The first kappa shape index (κ1) is 20.0. The first-order valence-corrected chi connectivity index (χ1v) is 10.4. The van der Waals surface area contributed by atoms with Crippen molar-refractivity contribution in [1.82, 2.24) is 0 Å². The monoisotopic (exact) mass is 389 g/mol. The number of nitrogens with zero attached hydrogens (tertiary/aromatic N) is 1. The number of ether oxygens (including phenoxy) is 3.